The lowest BCUT2D eigenvalue weighted by molar-refractivity contribution is -0.427. The van der Waals surface area contributed by atoms with Crippen molar-refractivity contribution in [3.05, 3.63) is 0 Å². The summed E-state index contributed by atoms with van der Waals surface area (Å²) in [5.74, 6) is -0.795. The lowest BCUT2D eigenvalue weighted by atomic mass is 10.1. The van der Waals surface area contributed by atoms with E-state index in [-0.39, 0.29) is 24.2 Å². The molecule has 0 fully saturated rings. The van der Waals surface area contributed by atoms with Crippen molar-refractivity contribution in [3.8, 4) is 0 Å². The van der Waals surface area contributed by atoms with E-state index in [2.05, 4.69) is 0 Å². The first-order chi connectivity index (χ1) is 7.19. The summed E-state index contributed by atoms with van der Waals surface area (Å²) in [5, 5.41) is 0. The van der Waals surface area contributed by atoms with Crippen LogP contribution in [0.5, 0.6) is 0 Å². The Morgan fingerprint density at radius 1 is 0.562 bits per heavy atom. The second kappa shape index (κ2) is 6.58. The van der Waals surface area contributed by atoms with Gasteiger partial charge in [-0.15, -0.1) is 0 Å². The van der Waals surface area contributed by atoms with Crippen molar-refractivity contribution in [2.75, 3.05) is 0 Å². The number of ether oxygens (including phenoxy) is 3. The molecule has 16 heavy (non-hydrogen) atoms. The molecular weight excluding hydrogens is 204 g/mol. The zero-order valence-corrected chi connectivity index (χ0v) is 12.0. The van der Waals surface area contributed by atoms with Crippen LogP contribution < -0.4 is 0 Å². The Kier molecular flexibility index (Phi) is 6.53. The molecule has 0 bridgehead atoms. The number of rotatable bonds is 7. The summed E-state index contributed by atoms with van der Waals surface area (Å²) < 4.78 is 17.6. The van der Waals surface area contributed by atoms with Gasteiger partial charge in [-0.2, -0.15) is 0 Å². The Morgan fingerprint density at radius 3 is 0.938 bits per heavy atom. The summed E-state index contributed by atoms with van der Waals surface area (Å²) in [6.07, 6.45) is 0.208. The topological polar surface area (TPSA) is 27.7 Å². The second-order valence-corrected chi connectivity index (χ2v) is 5.26. The maximum atomic E-state index is 5.88. The Bertz CT molecular complexity index is 159. The molecule has 0 aromatic rings. The van der Waals surface area contributed by atoms with Gasteiger partial charge in [0.05, 0.1) is 18.3 Å². The standard InChI is InChI=1S/C13H28O3/c1-9(2)13(14-10(3)4,15-11(5)6)16-12(7)8/h9-12H,1-8H3. The van der Waals surface area contributed by atoms with Gasteiger partial charge in [0.15, 0.2) is 0 Å². The average molecular weight is 232 g/mol. The number of hydrogen-bond acceptors (Lipinski definition) is 3. The first kappa shape index (κ1) is 15.9. The van der Waals surface area contributed by atoms with Gasteiger partial charge in [-0.3, -0.25) is 0 Å². The van der Waals surface area contributed by atoms with Gasteiger partial charge in [-0.25, -0.2) is 0 Å². The number of hydrogen-bond donors (Lipinski definition) is 0. The van der Waals surface area contributed by atoms with Gasteiger partial charge >= 0.3 is 0 Å². The molecule has 3 nitrogen and oxygen atoms in total. The molecule has 0 amide bonds. The van der Waals surface area contributed by atoms with Crippen molar-refractivity contribution in [1.82, 2.24) is 0 Å². The first-order valence-electron chi connectivity index (χ1n) is 6.23. The first-order valence-corrected chi connectivity index (χ1v) is 6.23. The highest BCUT2D eigenvalue weighted by atomic mass is 16.9. The monoisotopic (exact) mass is 232 g/mol. The van der Waals surface area contributed by atoms with Crippen LogP contribution in [0.4, 0.5) is 0 Å². The average Bonchev–Trinajstić information content (AvgIpc) is 1.98. The third kappa shape index (κ3) is 5.28. The molecule has 0 saturated carbocycles. The lowest BCUT2D eigenvalue weighted by Gasteiger charge is -2.40. The van der Waals surface area contributed by atoms with Gasteiger partial charge in [0.2, 0.25) is 0 Å². The van der Waals surface area contributed by atoms with Crippen molar-refractivity contribution in [2.24, 2.45) is 5.92 Å². The molecule has 0 aliphatic rings. The summed E-state index contributed by atoms with van der Waals surface area (Å²) in [7, 11) is 0. The van der Waals surface area contributed by atoms with Gasteiger partial charge < -0.3 is 14.2 Å². The Labute approximate surface area is 100 Å². The van der Waals surface area contributed by atoms with E-state index in [0.717, 1.165) is 0 Å². The highest BCUT2D eigenvalue weighted by Gasteiger charge is 2.40. The van der Waals surface area contributed by atoms with Gasteiger partial charge in [0.25, 0.3) is 5.97 Å². The minimum absolute atomic E-state index is 0.0694. The lowest BCUT2D eigenvalue weighted by Crippen LogP contribution is -2.49. The maximum Gasteiger partial charge on any atom is 0.286 e. The summed E-state index contributed by atoms with van der Waals surface area (Å²) in [5.41, 5.74) is 0. The maximum absolute atomic E-state index is 5.88. The van der Waals surface area contributed by atoms with Crippen molar-refractivity contribution in [1.29, 1.82) is 0 Å². The van der Waals surface area contributed by atoms with Gasteiger partial charge in [-0.1, -0.05) is 13.8 Å². The highest BCUT2D eigenvalue weighted by Crippen LogP contribution is 2.29. The molecule has 0 radical (unpaired) electrons. The third-order valence-corrected chi connectivity index (χ3v) is 1.91. The van der Waals surface area contributed by atoms with Crippen LogP contribution >= 0.6 is 0 Å². The van der Waals surface area contributed by atoms with Crippen LogP contribution in [-0.2, 0) is 14.2 Å². The fourth-order valence-electron chi connectivity index (χ4n) is 1.48. The summed E-state index contributed by atoms with van der Waals surface area (Å²) in [6.45, 7) is 16.0. The minimum atomic E-state index is -0.934. The Morgan fingerprint density at radius 2 is 0.812 bits per heavy atom. The molecule has 0 aromatic heterocycles. The fourth-order valence-corrected chi connectivity index (χ4v) is 1.48. The molecule has 98 valence electrons. The molecule has 0 N–H and O–H groups in total. The fraction of sp³-hybridized carbons (Fsp3) is 1.00. The van der Waals surface area contributed by atoms with E-state index >= 15 is 0 Å². The van der Waals surface area contributed by atoms with Crippen LogP contribution in [0.15, 0.2) is 0 Å². The predicted molar refractivity (Wildman–Crippen MR) is 66.2 cm³/mol. The van der Waals surface area contributed by atoms with Gasteiger partial charge in [0, 0.05) is 5.92 Å². The molecule has 0 saturated heterocycles. The molecule has 0 spiro atoms. The van der Waals surface area contributed by atoms with E-state index < -0.39 is 5.97 Å². The van der Waals surface area contributed by atoms with Crippen LogP contribution in [0.2, 0.25) is 0 Å². The molecule has 3 heteroatoms. The van der Waals surface area contributed by atoms with E-state index in [1.807, 2.05) is 55.4 Å². The smallest absolute Gasteiger partial charge is 0.286 e. The van der Waals surface area contributed by atoms with Crippen molar-refractivity contribution in [3.63, 3.8) is 0 Å². The van der Waals surface area contributed by atoms with Crippen molar-refractivity contribution < 1.29 is 14.2 Å². The summed E-state index contributed by atoms with van der Waals surface area (Å²) >= 11 is 0. The molecular formula is C13H28O3. The van der Waals surface area contributed by atoms with E-state index in [9.17, 15) is 0 Å². The van der Waals surface area contributed by atoms with Crippen LogP contribution in [0.25, 0.3) is 0 Å². The normalized spacial score (nSPS) is 13.5. The zero-order chi connectivity index (χ0) is 12.9. The molecule has 0 unspecified atom stereocenters. The molecule has 0 atom stereocenters. The quantitative estimate of drug-likeness (QED) is 0.628. The third-order valence-electron chi connectivity index (χ3n) is 1.91. The molecule has 0 aromatic carbocycles. The van der Waals surface area contributed by atoms with E-state index in [0.29, 0.717) is 0 Å². The van der Waals surface area contributed by atoms with Crippen LogP contribution in [0.3, 0.4) is 0 Å². The van der Waals surface area contributed by atoms with Crippen LogP contribution in [-0.4, -0.2) is 24.3 Å². The summed E-state index contributed by atoms with van der Waals surface area (Å²) in [4.78, 5) is 0. The zero-order valence-electron chi connectivity index (χ0n) is 12.0. The van der Waals surface area contributed by atoms with E-state index in [1.54, 1.807) is 0 Å². The minimum Gasteiger partial charge on any atom is -0.324 e. The van der Waals surface area contributed by atoms with Gasteiger partial charge in [0.1, 0.15) is 0 Å². The molecule has 0 heterocycles. The highest BCUT2D eigenvalue weighted by molar-refractivity contribution is 4.67. The Balaban J connectivity index is 4.88. The second-order valence-electron chi connectivity index (χ2n) is 5.26. The predicted octanol–water partition coefficient (Wildman–Crippen LogP) is 3.57. The largest absolute Gasteiger partial charge is 0.324 e. The Hall–Kier alpha value is -0.120. The van der Waals surface area contributed by atoms with Crippen LogP contribution in [0.1, 0.15) is 55.4 Å². The molecule has 0 aliphatic carbocycles. The van der Waals surface area contributed by atoms with Crippen LogP contribution in [0, 0.1) is 5.92 Å². The van der Waals surface area contributed by atoms with E-state index in [1.165, 1.54) is 0 Å². The SMILES string of the molecule is CC(C)OC(OC(C)C)(OC(C)C)C(C)C. The summed E-state index contributed by atoms with van der Waals surface area (Å²) in [6, 6.07) is 0. The van der Waals surface area contributed by atoms with Crippen molar-refractivity contribution in [2.45, 2.75) is 79.7 Å². The molecule has 0 aliphatic heterocycles. The molecule has 0 rings (SSSR count). The van der Waals surface area contributed by atoms with Gasteiger partial charge in [-0.05, 0) is 41.5 Å². The van der Waals surface area contributed by atoms with Crippen molar-refractivity contribution >= 4 is 0 Å². The van der Waals surface area contributed by atoms with E-state index in [4.69, 9.17) is 14.2 Å².